The summed E-state index contributed by atoms with van der Waals surface area (Å²) in [5, 5.41) is 21.3. The van der Waals surface area contributed by atoms with Crippen LogP contribution in [0.15, 0.2) is 52.7 Å². The van der Waals surface area contributed by atoms with Crippen LogP contribution < -0.4 is 16.4 Å². The summed E-state index contributed by atoms with van der Waals surface area (Å²) in [6, 6.07) is 10.9. The molecule has 0 aliphatic heterocycles. The lowest BCUT2D eigenvalue weighted by Crippen LogP contribution is -2.25. The van der Waals surface area contributed by atoms with Crippen LogP contribution in [0.4, 0.5) is 17.1 Å². The lowest BCUT2D eigenvalue weighted by atomic mass is 10.1. The Morgan fingerprint density at radius 3 is 2.33 bits per heavy atom. The van der Waals surface area contributed by atoms with Crippen molar-refractivity contribution >= 4 is 34.8 Å². The van der Waals surface area contributed by atoms with Crippen LogP contribution in [-0.4, -0.2) is 36.5 Å². The quantitative estimate of drug-likeness (QED) is 0.437. The fourth-order valence-electron chi connectivity index (χ4n) is 2.17. The highest BCUT2D eigenvalue weighted by Crippen LogP contribution is 2.24. The molecule has 0 aliphatic rings. The molecule has 140 valence electrons. The van der Waals surface area contributed by atoms with Gasteiger partial charge in [0.15, 0.2) is 0 Å². The number of nitrogens with one attached hydrogen (secondary N) is 2. The number of amides is 2. The number of anilines is 2. The predicted octanol–water partition coefficient (Wildman–Crippen LogP) is 2.44. The molecule has 0 bridgehead atoms. The number of nitrogens with two attached hydrogens (primary N) is 1. The topological polar surface area (TPSA) is 146 Å². The first kappa shape index (κ1) is 19.6. The lowest BCUT2D eigenvalue weighted by Gasteiger charge is -2.08. The molecule has 27 heavy (non-hydrogen) atoms. The van der Waals surface area contributed by atoms with Gasteiger partial charge in [0, 0.05) is 30.4 Å². The second-order valence-corrected chi connectivity index (χ2v) is 5.50. The zero-order chi connectivity index (χ0) is 19.8. The van der Waals surface area contributed by atoms with Crippen molar-refractivity contribution in [3.63, 3.8) is 0 Å². The van der Waals surface area contributed by atoms with Crippen LogP contribution in [0.3, 0.4) is 0 Å². The first-order valence-corrected chi connectivity index (χ1v) is 8.01. The van der Waals surface area contributed by atoms with E-state index >= 15 is 0 Å². The van der Waals surface area contributed by atoms with Gasteiger partial charge in [0.1, 0.15) is 5.69 Å². The molecule has 0 radical (unpaired) electrons. The molecule has 0 spiro atoms. The van der Waals surface area contributed by atoms with Gasteiger partial charge < -0.3 is 21.5 Å². The van der Waals surface area contributed by atoms with Crippen LogP contribution in [0, 0.1) is 0 Å². The van der Waals surface area contributed by atoms with Gasteiger partial charge in [-0.3, -0.25) is 14.4 Å². The van der Waals surface area contributed by atoms with E-state index in [1.54, 1.807) is 24.3 Å². The summed E-state index contributed by atoms with van der Waals surface area (Å²) in [6.07, 6.45) is -0.152. The second kappa shape index (κ2) is 9.09. The average Bonchev–Trinajstić information content (AvgIpc) is 2.64. The third kappa shape index (κ3) is 5.63. The van der Waals surface area contributed by atoms with E-state index in [-0.39, 0.29) is 24.8 Å². The fraction of sp³-hybridized carbons (Fsp3) is 0.167. The molecule has 9 heteroatoms. The smallest absolute Gasteiger partial charge is 0.305 e. The fourth-order valence-corrected chi connectivity index (χ4v) is 2.17. The molecule has 0 aliphatic carbocycles. The Morgan fingerprint density at radius 2 is 1.70 bits per heavy atom. The molecule has 0 heterocycles. The van der Waals surface area contributed by atoms with E-state index in [0.29, 0.717) is 28.2 Å². The van der Waals surface area contributed by atoms with Crippen LogP contribution in [0.1, 0.15) is 27.1 Å². The third-order valence-corrected chi connectivity index (χ3v) is 3.53. The van der Waals surface area contributed by atoms with Gasteiger partial charge in [0.2, 0.25) is 0 Å². The normalized spacial score (nSPS) is 10.6. The number of rotatable bonds is 7. The molecule has 0 unspecified atom stereocenters. The Kier molecular flexibility index (Phi) is 6.59. The highest BCUT2D eigenvalue weighted by Gasteiger charge is 2.10. The molecule has 0 saturated carbocycles. The number of aliphatic carboxylic acids is 1. The number of hydrogen-bond acceptors (Lipinski definition) is 6. The molecule has 2 aromatic carbocycles. The van der Waals surface area contributed by atoms with Crippen LogP contribution in [-0.2, 0) is 4.79 Å². The second-order valence-electron chi connectivity index (χ2n) is 5.50. The number of carbonyl (C=O) groups is 3. The van der Waals surface area contributed by atoms with Gasteiger partial charge in [-0.05, 0) is 42.5 Å². The first-order valence-electron chi connectivity index (χ1n) is 8.01. The van der Waals surface area contributed by atoms with Crippen LogP contribution >= 0.6 is 0 Å². The maximum Gasteiger partial charge on any atom is 0.305 e. The zero-order valence-corrected chi connectivity index (χ0v) is 14.6. The molecule has 2 aromatic rings. The van der Waals surface area contributed by atoms with E-state index in [0.717, 1.165) is 0 Å². The van der Waals surface area contributed by atoms with Gasteiger partial charge in [-0.15, -0.1) is 0 Å². The van der Waals surface area contributed by atoms with E-state index in [1.165, 1.54) is 25.2 Å². The number of azo groups is 1. The van der Waals surface area contributed by atoms with E-state index in [4.69, 9.17) is 10.8 Å². The van der Waals surface area contributed by atoms with Crippen molar-refractivity contribution in [3.8, 4) is 0 Å². The van der Waals surface area contributed by atoms with Crippen LogP contribution in [0.25, 0.3) is 0 Å². The summed E-state index contributed by atoms with van der Waals surface area (Å²) in [5.74, 6) is -1.73. The molecule has 9 nitrogen and oxygen atoms in total. The summed E-state index contributed by atoms with van der Waals surface area (Å²) in [6.45, 7) is 0.0429. The first-order chi connectivity index (χ1) is 12.9. The Hall–Kier alpha value is -3.75. The van der Waals surface area contributed by atoms with Gasteiger partial charge in [0.05, 0.1) is 12.1 Å². The summed E-state index contributed by atoms with van der Waals surface area (Å²) in [7, 11) is 1.51. The van der Waals surface area contributed by atoms with Gasteiger partial charge in [-0.1, -0.05) is 0 Å². The summed E-state index contributed by atoms with van der Waals surface area (Å²) >= 11 is 0. The highest BCUT2D eigenvalue weighted by atomic mass is 16.4. The number of nitrogens with zero attached hydrogens (tertiary/aromatic N) is 2. The van der Waals surface area contributed by atoms with Crippen LogP contribution in [0.2, 0.25) is 0 Å². The third-order valence-electron chi connectivity index (χ3n) is 3.53. The van der Waals surface area contributed by atoms with Gasteiger partial charge in [0.25, 0.3) is 11.8 Å². The number of carboxylic acids is 1. The Balaban J connectivity index is 2.01. The number of nitrogen functional groups attached to an aromatic ring is 1. The summed E-state index contributed by atoms with van der Waals surface area (Å²) in [4.78, 5) is 34.7. The molecule has 0 fully saturated rings. The highest BCUT2D eigenvalue weighted by molar-refractivity contribution is 6.05. The Labute approximate surface area is 155 Å². The zero-order valence-electron chi connectivity index (χ0n) is 14.6. The number of carboxylic acid groups (broad SMARTS) is 1. The maximum absolute atomic E-state index is 12.3. The van der Waals surface area contributed by atoms with Crippen LogP contribution in [0.5, 0.6) is 0 Å². The SMILES string of the molecule is CN=Nc1cc(C(=O)Nc2ccc(C(=O)NCCC(=O)O)cc2)ccc1N. The van der Waals surface area contributed by atoms with Crippen molar-refractivity contribution in [3.05, 3.63) is 53.6 Å². The van der Waals surface area contributed by atoms with E-state index < -0.39 is 5.97 Å². The van der Waals surface area contributed by atoms with Crippen molar-refractivity contribution < 1.29 is 19.5 Å². The van der Waals surface area contributed by atoms with Crippen molar-refractivity contribution in [2.45, 2.75) is 6.42 Å². The maximum atomic E-state index is 12.3. The number of hydrogen-bond donors (Lipinski definition) is 4. The lowest BCUT2D eigenvalue weighted by molar-refractivity contribution is -0.136. The molecule has 0 saturated heterocycles. The van der Waals surface area contributed by atoms with E-state index in [1.807, 2.05) is 0 Å². The van der Waals surface area contributed by atoms with Crippen molar-refractivity contribution in [1.29, 1.82) is 0 Å². The van der Waals surface area contributed by atoms with Gasteiger partial charge in [-0.2, -0.15) is 10.2 Å². The van der Waals surface area contributed by atoms with Crippen molar-refractivity contribution in [2.24, 2.45) is 10.2 Å². The average molecular weight is 369 g/mol. The minimum absolute atomic E-state index is 0.0429. The predicted molar refractivity (Wildman–Crippen MR) is 100 cm³/mol. The Morgan fingerprint density at radius 1 is 1.04 bits per heavy atom. The van der Waals surface area contributed by atoms with Gasteiger partial charge >= 0.3 is 5.97 Å². The Bertz CT molecular complexity index is 878. The minimum atomic E-state index is -0.986. The van der Waals surface area contributed by atoms with E-state index in [2.05, 4.69) is 20.9 Å². The molecular weight excluding hydrogens is 350 g/mol. The molecule has 2 rings (SSSR count). The molecule has 0 atom stereocenters. The minimum Gasteiger partial charge on any atom is -0.481 e. The van der Waals surface area contributed by atoms with E-state index in [9.17, 15) is 14.4 Å². The monoisotopic (exact) mass is 369 g/mol. The molecule has 2 amide bonds. The molecule has 5 N–H and O–H groups in total. The summed E-state index contributed by atoms with van der Waals surface area (Å²) in [5.41, 5.74) is 7.80. The number of carbonyl (C=O) groups excluding carboxylic acids is 2. The van der Waals surface area contributed by atoms with Gasteiger partial charge in [-0.25, -0.2) is 0 Å². The number of benzene rings is 2. The summed E-state index contributed by atoms with van der Waals surface area (Å²) < 4.78 is 0. The standard InChI is InChI=1S/C18H19N5O4/c1-20-23-15-10-12(4-7-14(15)19)18(27)22-13-5-2-11(3-6-13)17(26)21-9-8-16(24)25/h2-7,10H,8-9,19H2,1H3,(H,21,26)(H,22,27)(H,24,25). The molecule has 0 aromatic heterocycles. The largest absolute Gasteiger partial charge is 0.481 e. The molecular formula is C18H19N5O4. The van der Waals surface area contributed by atoms with Crippen molar-refractivity contribution in [1.82, 2.24) is 5.32 Å². The van der Waals surface area contributed by atoms with Crippen molar-refractivity contribution in [2.75, 3.05) is 24.6 Å².